The smallest absolute Gasteiger partial charge is 0.229 e. The van der Waals surface area contributed by atoms with E-state index in [9.17, 15) is 8.42 Å². The van der Waals surface area contributed by atoms with Gasteiger partial charge in [0, 0.05) is 32.9 Å². The van der Waals surface area contributed by atoms with Crippen LogP contribution >= 0.6 is 0 Å². The molecule has 2 aromatic heterocycles. The molecule has 158 valence electrons. The van der Waals surface area contributed by atoms with Gasteiger partial charge in [0.25, 0.3) is 0 Å². The molecule has 0 atom stereocenters. The summed E-state index contributed by atoms with van der Waals surface area (Å²) in [6.07, 6.45) is 1.93. The highest BCUT2D eigenvalue weighted by Crippen LogP contribution is 2.29. The number of ether oxygens (including phenoxy) is 1. The average molecular weight is 429 g/mol. The van der Waals surface area contributed by atoms with E-state index in [2.05, 4.69) is 5.32 Å². The predicted octanol–water partition coefficient (Wildman–Crippen LogP) is 0.902. The number of hydrogen-bond donors (Lipinski definition) is 2. The van der Waals surface area contributed by atoms with Crippen molar-refractivity contribution in [1.29, 1.82) is 0 Å². The van der Waals surface area contributed by atoms with Crippen molar-refractivity contribution in [2.75, 3.05) is 42.3 Å². The second kappa shape index (κ2) is 6.93. The summed E-state index contributed by atoms with van der Waals surface area (Å²) >= 11 is 0. The van der Waals surface area contributed by atoms with Crippen LogP contribution in [0.2, 0.25) is 0 Å². The molecule has 0 radical (unpaired) electrons. The average Bonchev–Trinajstić information content (AvgIpc) is 3.02. The maximum atomic E-state index is 12.7. The van der Waals surface area contributed by atoms with Crippen LogP contribution in [0, 0.1) is 0 Å². The van der Waals surface area contributed by atoms with Crippen LogP contribution in [0.25, 0.3) is 11.0 Å². The Morgan fingerprint density at radius 2 is 2.03 bits per heavy atom. The van der Waals surface area contributed by atoms with Crippen molar-refractivity contribution in [2.45, 2.75) is 17.0 Å². The Morgan fingerprint density at radius 1 is 1.23 bits per heavy atom. The molecule has 1 saturated heterocycles. The first-order chi connectivity index (χ1) is 14.3. The Balaban J connectivity index is 1.53. The number of benzene rings is 1. The number of sulfone groups is 1. The fourth-order valence-corrected chi connectivity index (χ4v) is 5.36. The predicted molar refractivity (Wildman–Crippen MR) is 114 cm³/mol. The maximum absolute atomic E-state index is 12.7. The van der Waals surface area contributed by atoms with Crippen LogP contribution in [-0.4, -0.2) is 60.5 Å². The van der Waals surface area contributed by atoms with Gasteiger partial charge in [-0.05, 0) is 17.7 Å². The molecule has 30 heavy (non-hydrogen) atoms. The second-order valence-corrected chi connectivity index (χ2v) is 10.2. The topological polar surface area (TPSA) is 115 Å². The van der Waals surface area contributed by atoms with E-state index in [0.29, 0.717) is 49.5 Å². The lowest BCUT2D eigenvalue weighted by Gasteiger charge is -2.37. The van der Waals surface area contributed by atoms with Crippen LogP contribution in [0.3, 0.4) is 0 Å². The molecule has 10 heteroatoms. The molecule has 0 spiro atoms. The monoisotopic (exact) mass is 428 g/mol. The van der Waals surface area contributed by atoms with Gasteiger partial charge in [0.05, 0.1) is 34.8 Å². The van der Waals surface area contributed by atoms with Crippen LogP contribution in [0.5, 0.6) is 0 Å². The van der Waals surface area contributed by atoms with Gasteiger partial charge in [-0.1, -0.05) is 18.2 Å². The van der Waals surface area contributed by atoms with Gasteiger partial charge in [0.15, 0.2) is 9.84 Å². The first-order valence-electron chi connectivity index (χ1n) is 9.84. The lowest BCUT2D eigenvalue weighted by Crippen LogP contribution is -2.61. The quantitative estimate of drug-likeness (QED) is 0.630. The third-order valence-electron chi connectivity index (χ3n) is 5.68. The maximum Gasteiger partial charge on any atom is 0.229 e. The van der Waals surface area contributed by atoms with Crippen LogP contribution < -0.4 is 16.0 Å². The molecule has 1 fully saturated rings. The Kier molecular flexibility index (Phi) is 4.46. The highest BCUT2D eigenvalue weighted by atomic mass is 32.2. The van der Waals surface area contributed by atoms with E-state index in [1.54, 1.807) is 12.1 Å². The van der Waals surface area contributed by atoms with Crippen molar-refractivity contribution in [2.24, 2.45) is 12.8 Å². The summed E-state index contributed by atoms with van der Waals surface area (Å²) in [4.78, 5) is 11.8. The van der Waals surface area contributed by atoms with Crippen molar-refractivity contribution in [3.63, 3.8) is 0 Å². The third kappa shape index (κ3) is 3.30. The van der Waals surface area contributed by atoms with Crippen LogP contribution in [0.1, 0.15) is 5.56 Å². The van der Waals surface area contributed by atoms with Gasteiger partial charge in [-0.25, -0.2) is 8.42 Å². The van der Waals surface area contributed by atoms with Gasteiger partial charge < -0.3 is 25.3 Å². The number of aryl methyl sites for hydroxylation is 1. The number of aromatic nitrogens is 3. The zero-order valence-electron chi connectivity index (χ0n) is 16.7. The van der Waals surface area contributed by atoms with E-state index < -0.39 is 15.4 Å². The van der Waals surface area contributed by atoms with Crippen molar-refractivity contribution in [3.05, 3.63) is 42.1 Å². The molecule has 1 aromatic carbocycles. The minimum atomic E-state index is -3.34. The van der Waals surface area contributed by atoms with Gasteiger partial charge in [-0.2, -0.15) is 9.97 Å². The largest absolute Gasteiger partial charge is 0.377 e. The van der Waals surface area contributed by atoms with Gasteiger partial charge in [-0.3, -0.25) is 0 Å². The fourth-order valence-electron chi connectivity index (χ4n) is 3.86. The normalized spacial score (nSPS) is 19.7. The molecular weight excluding hydrogens is 404 g/mol. The van der Waals surface area contributed by atoms with Crippen molar-refractivity contribution < 1.29 is 13.2 Å². The van der Waals surface area contributed by atoms with Crippen LogP contribution in [0.15, 0.2) is 41.4 Å². The summed E-state index contributed by atoms with van der Waals surface area (Å²) in [5, 5.41) is 4.26. The summed E-state index contributed by atoms with van der Waals surface area (Å²) in [6, 6.07) is 9.09. The first-order valence-corrected chi connectivity index (χ1v) is 11.5. The SMILES string of the molecule is Cn1ccc2c(NCC3(N)COC3)nc(N3CCS(=O)(=O)c4ccccc4C3)nc21. The molecule has 2 aliphatic heterocycles. The van der Waals surface area contributed by atoms with E-state index in [1.165, 1.54) is 0 Å². The fraction of sp³-hybridized carbons (Fsp3) is 0.400. The summed E-state index contributed by atoms with van der Waals surface area (Å²) < 4.78 is 32.6. The molecule has 3 N–H and O–H groups in total. The number of rotatable bonds is 4. The van der Waals surface area contributed by atoms with Gasteiger partial charge in [-0.15, -0.1) is 0 Å². The number of fused-ring (bicyclic) bond motifs is 2. The summed E-state index contributed by atoms with van der Waals surface area (Å²) in [7, 11) is -1.42. The third-order valence-corrected chi connectivity index (χ3v) is 7.47. The van der Waals surface area contributed by atoms with Crippen LogP contribution in [-0.2, 0) is 28.2 Å². The molecule has 4 heterocycles. The van der Waals surface area contributed by atoms with Gasteiger partial charge >= 0.3 is 0 Å². The number of hydrogen-bond acceptors (Lipinski definition) is 8. The zero-order chi connectivity index (χ0) is 20.9. The number of nitrogens with one attached hydrogen (secondary N) is 1. The minimum Gasteiger partial charge on any atom is -0.377 e. The highest BCUT2D eigenvalue weighted by molar-refractivity contribution is 7.91. The van der Waals surface area contributed by atoms with Crippen molar-refractivity contribution in [1.82, 2.24) is 14.5 Å². The zero-order valence-corrected chi connectivity index (χ0v) is 17.5. The number of nitrogens with two attached hydrogens (primary N) is 1. The van der Waals surface area contributed by atoms with Gasteiger partial charge in [0.2, 0.25) is 5.95 Å². The van der Waals surface area contributed by atoms with E-state index in [-0.39, 0.29) is 5.75 Å². The van der Waals surface area contributed by atoms with Gasteiger partial charge in [0.1, 0.15) is 11.5 Å². The summed E-state index contributed by atoms with van der Waals surface area (Å²) in [5.74, 6) is 1.20. The lowest BCUT2D eigenvalue weighted by molar-refractivity contribution is -0.0461. The summed E-state index contributed by atoms with van der Waals surface area (Å²) in [5.41, 5.74) is 7.40. The van der Waals surface area contributed by atoms with E-state index in [4.69, 9.17) is 20.4 Å². The highest BCUT2D eigenvalue weighted by Gasteiger charge is 2.34. The molecule has 0 aliphatic carbocycles. The Bertz CT molecular complexity index is 1220. The molecule has 0 amide bonds. The first kappa shape index (κ1) is 19.3. The standard InChI is InChI=1S/C20H24N6O3S/c1-25-7-6-15-17(22-11-20(21)12-29-13-20)23-19(24-18(15)25)26-8-9-30(27,28)16-5-3-2-4-14(16)10-26/h2-7H,8-13,21H2,1H3,(H,22,23,24). The Labute approximate surface area is 174 Å². The minimum absolute atomic E-state index is 0.0184. The molecule has 0 bridgehead atoms. The Morgan fingerprint density at radius 3 is 2.80 bits per heavy atom. The van der Waals surface area contributed by atoms with E-state index >= 15 is 0 Å². The molecule has 3 aromatic rings. The van der Waals surface area contributed by atoms with Crippen molar-refractivity contribution in [3.8, 4) is 0 Å². The Hall–Kier alpha value is -2.69. The number of nitrogens with zero attached hydrogens (tertiary/aromatic N) is 4. The lowest BCUT2D eigenvalue weighted by atomic mass is 9.99. The molecule has 5 rings (SSSR count). The second-order valence-electron chi connectivity index (χ2n) is 8.09. The number of anilines is 2. The summed E-state index contributed by atoms with van der Waals surface area (Å²) in [6.45, 7) is 2.30. The van der Waals surface area contributed by atoms with E-state index in [1.807, 2.05) is 40.9 Å². The molecular formula is C20H24N6O3S. The molecule has 0 unspecified atom stereocenters. The van der Waals surface area contributed by atoms with E-state index in [0.717, 1.165) is 16.6 Å². The molecule has 9 nitrogen and oxygen atoms in total. The van der Waals surface area contributed by atoms with Crippen molar-refractivity contribution >= 4 is 32.6 Å². The van der Waals surface area contributed by atoms with Crippen LogP contribution in [0.4, 0.5) is 11.8 Å². The molecule has 2 aliphatic rings. The molecule has 0 saturated carbocycles.